The Bertz CT molecular complexity index is 982. The summed E-state index contributed by atoms with van der Waals surface area (Å²) >= 11 is 0. The number of carbonyl (C=O) groups is 2. The second-order valence-electron chi connectivity index (χ2n) is 6.32. The lowest BCUT2D eigenvalue weighted by Crippen LogP contribution is -2.45. The van der Waals surface area contributed by atoms with Crippen molar-refractivity contribution in [3.8, 4) is 6.07 Å². The van der Waals surface area contributed by atoms with Crippen LogP contribution in [0.25, 0.3) is 21.5 Å². The lowest BCUT2D eigenvalue weighted by Gasteiger charge is -2.20. The standard InChI is InChI=1S/C21H18N2O3/c1-13(10-11-22)19(21(25)26)23-20(24)18-16-8-4-2-6-14(16)12-15-7-3-5-9-17(15)18/h2-9,12-13,19H,10H2,1H3,(H,23,24)(H,25,26)/t13-,19-/m1/s1. The van der Waals surface area contributed by atoms with E-state index in [2.05, 4.69) is 5.32 Å². The van der Waals surface area contributed by atoms with E-state index in [1.807, 2.05) is 60.7 Å². The molecule has 2 atom stereocenters. The Morgan fingerprint density at radius 3 is 2.12 bits per heavy atom. The van der Waals surface area contributed by atoms with Crippen LogP contribution < -0.4 is 5.32 Å². The van der Waals surface area contributed by atoms with E-state index in [0.29, 0.717) is 5.56 Å². The molecule has 3 aromatic rings. The van der Waals surface area contributed by atoms with Crippen molar-refractivity contribution in [2.45, 2.75) is 19.4 Å². The number of aliphatic carboxylic acids is 1. The first-order chi connectivity index (χ1) is 12.5. The molecule has 0 aliphatic carbocycles. The molecule has 0 aliphatic rings. The van der Waals surface area contributed by atoms with E-state index in [-0.39, 0.29) is 6.42 Å². The molecule has 0 spiro atoms. The summed E-state index contributed by atoms with van der Waals surface area (Å²) in [6.45, 7) is 1.64. The molecule has 5 heteroatoms. The molecular formula is C21H18N2O3. The maximum Gasteiger partial charge on any atom is 0.326 e. The van der Waals surface area contributed by atoms with E-state index in [1.54, 1.807) is 6.92 Å². The third-order valence-electron chi connectivity index (χ3n) is 4.53. The van der Waals surface area contributed by atoms with Gasteiger partial charge in [0.05, 0.1) is 11.6 Å². The largest absolute Gasteiger partial charge is 0.480 e. The molecule has 0 fully saturated rings. The SMILES string of the molecule is C[C@H](CC#N)[C@@H](NC(=O)c1c2ccccc2cc2ccccc12)C(=O)O. The molecule has 0 bridgehead atoms. The van der Waals surface area contributed by atoms with Gasteiger partial charge in [-0.1, -0.05) is 55.5 Å². The minimum atomic E-state index is -1.15. The van der Waals surface area contributed by atoms with Crippen molar-refractivity contribution < 1.29 is 14.7 Å². The molecule has 3 rings (SSSR count). The maximum atomic E-state index is 13.0. The van der Waals surface area contributed by atoms with Gasteiger partial charge in [0.25, 0.3) is 5.91 Å². The van der Waals surface area contributed by atoms with Crippen LogP contribution in [-0.2, 0) is 4.79 Å². The zero-order chi connectivity index (χ0) is 18.7. The van der Waals surface area contributed by atoms with E-state index in [4.69, 9.17) is 5.26 Å². The average Bonchev–Trinajstić information content (AvgIpc) is 2.63. The summed E-state index contributed by atoms with van der Waals surface area (Å²) in [5, 5.41) is 24.3. The minimum Gasteiger partial charge on any atom is -0.480 e. The van der Waals surface area contributed by atoms with E-state index < -0.39 is 23.8 Å². The molecule has 0 saturated heterocycles. The quantitative estimate of drug-likeness (QED) is 0.689. The zero-order valence-corrected chi connectivity index (χ0v) is 14.3. The lowest BCUT2D eigenvalue weighted by atomic mass is 9.94. The van der Waals surface area contributed by atoms with E-state index in [0.717, 1.165) is 21.5 Å². The topological polar surface area (TPSA) is 90.2 Å². The number of hydrogen-bond donors (Lipinski definition) is 2. The van der Waals surface area contributed by atoms with E-state index in [1.165, 1.54) is 0 Å². The number of nitrogens with one attached hydrogen (secondary N) is 1. The van der Waals surface area contributed by atoms with Gasteiger partial charge in [-0.05, 0) is 27.6 Å². The van der Waals surface area contributed by atoms with Crippen molar-refractivity contribution in [1.29, 1.82) is 5.26 Å². The molecule has 0 unspecified atom stereocenters. The van der Waals surface area contributed by atoms with Gasteiger partial charge in [-0.25, -0.2) is 4.79 Å². The summed E-state index contributed by atoms with van der Waals surface area (Å²) in [5.41, 5.74) is 0.453. The van der Waals surface area contributed by atoms with Crippen molar-refractivity contribution in [2.75, 3.05) is 0 Å². The first-order valence-corrected chi connectivity index (χ1v) is 8.34. The van der Waals surface area contributed by atoms with Crippen LogP contribution in [0.4, 0.5) is 0 Å². The molecule has 0 aromatic heterocycles. The number of nitrogens with zero attached hydrogens (tertiary/aromatic N) is 1. The third-order valence-corrected chi connectivity index (χ3v) is 4.53. The van der Waals surface area contributed by atoms with Crippen LogP contribution in [-0.4, -0.2) is 23.0 Å². The number of amides is 1. The Morgan fingerprint density at radius 2 is 1.62 bits per heavy atom. The third kappa shape index (κ3) is 3.22. The fraction of sp³-hybridized carbons (Fsp3) is 0.190. The fourth-order valence-corrected chi connectivity index (χ4v) is 3.18. The number of carboxylic acid groups (broad SMARTS) is 1. The maximum absolute atomic E-state index is 13.0. The lowest BCUT2D eigenvalue weighted by molar-refractivity contribution is -0.140. The first-order valence-electron chi connectivity index (χ1n) is 8.34. The van der Waals surface area contributed by atoms with Crippen LogP contribution in [0.3, 0.4) is 0 Å². The number of benzene rings is 3. The summed E-state index contributed by atoms with van der Waals surface area (Å²) < 4.78 is 0. The molecule has 0 heterocycles. The molecule has 2 N–H and O–H groups in total. The van der Waals surface area contributed by atoms with E-state index >= 15 is 0 Å². The number of rotatable bonds is 5. The Labute approximate surface area is 150 Å². The second kappa shape index (κ2) is 7.24. The van der Waals surface area contributed by atoms with Crippen LogP contribution in [0.2, 0.25) is 0 Å². The van der Waals surface area contributed by atoms with Gasteiger partial charge in [0, 0.05) is 12.3 Å². The van der Waals surface area contributed by atoms with Gasteiger partial charge >= 0.3 is 5.97 Å². The highest BCUT2D eigenvalue weighted by Crippen LogP contribution is 2.28. The highest BCUT2D eigenvalue weighted by atomic mass is 16.4. The predicted octanol–water partition coefficient (Wildman–Crippen LogP) is 3.73. The van der Waals surface area contributed by atoms with Crippen molar-refractivity contribution in [3.05, 3.63) is 60.2 Å². The minimum absolute atomic E-state index is 0.0491. The van der Waals surface area contributed by atoms with Crippen LogP contribution in [0, 0.1) is 17.2 Å². The summed E-state index contributed by atoms with van der Waals surface area (Å²) in [5.74, 6) is -2.09. The monoisotopic (exact) mass is 346 g/mol. The van der Waals surface area contributed by atoms with Gasteiger partial charge in [0.15, 0.2) is 0 Å². The van der Waals surface area contributed by atoms with Crippen LogP contribution in [0.15, 0.2) is 54.6 Å². The number of carbonyl (C=O) groups excluding carboxylic acids is 1. The highest BCUT2D eigenvalue weighted by Gasteiger charge is 2.28. The van der Waals surface area contributed by atoms with Gasteiger partial charge in [-0.3, -0.25) is 4.79 Å². The zero-order valence-electron chi connectivity index (χ0n) is 14.3. The molecule has 5 nitrogen and oxygen atoms in total. The van der Waals surface area contributed by atoms with Crippen LogP contribution >= 0.6 is 0 Å². The predicted molar refractivity (Wildman–Crippen MR) is 99.7 cm³/mol. The number of fused-ring (bicyclic) bond motifs is 2. The molecule has 1 amide bonds. The van der Waals surface area contributed by atoms with Gasteiger partial charge in [-0.15, -0.1) is 0 Å². The molecule has 0 aliphatic heterocycles. The average molecular weight is 346 g/mol. The number of carboxylic acids is 1. The first kappa shape index (κ1) is 17.4. The van der Waals surface area contributed by atoms with Gasteiger partial charge in [0.2, 0.25) is 0 Å². The molecule has 130 valence electrons. The second-order valence-corrected chi connectivity index (χ2v) is 6.32. The Morgan fingerprint density at radius 1 is 1.08 bits per heavy atom. The smallest absolute Gasteiger partial charge is 0.326 e. The van der Waals surface area contributed by atoms with Crippen molar-refractivity contribution in [2.24, 2.45) is 5.92 Å². The van der Waals surface area contributed by atoms with Crippen molar-refractivity contribution in [3.63, 3.8) is 0 Å². The summed E-state index contributed by atoms with van der Waals surface area (Å²) in [7, 11) is 0. The number of nitriles is 1. The Balaban J connectivity index is 2.12. The van der Waals surface area contributed by atoms with E-state index in [9.17, 15) is 14.7 Å². The van der Waals surface area contributed by atoms with Crippen molar-refractivity contribution in [1.82, 2.24) is 5.32 Å². The molecule has 3 aromatic carbocycles. The van der Waals surface area contributed by atoms with Gasteiger partial charge in [0.1, 0.15) is 6.04 Å². The Hall–Kier alpha value is -3.39. The summed E-state index contributed by atoms with van der Waals surface area (Å²) in [6, 6.07) is 17.9. The van der Waals surface area contributed by atoms with Crippen LogP contribution in [0.1, 0.15) is 23.7 Å². The number of hydrogen-bond acceptors (Lipinski definition) is 3. The Kier molecular flexibility index (Phi) is 4.85. The fourth-order valence-electron chi connectivity index (χ4n) is 3.18. The van der Waals surface area contributed by atoms with Gasteiger partial charge < -0.3 is 10.4 Å². The molecule has 0 radical (unpaired) electrons. The summed E-state index contributed by atoms with van der Waals surface area (Å²) in [6.07, 6.45) is 0.0491. The van der Waals surface area contributed by atoms with Crippen LogP contribution in [0.5, 0.6) is 0 Å². The molecule has 26 heavy (non-hydrogen) atoms. The van der Waals surface area contributed by atoms with Crippen molar-refractivity contribution >= 4 is 33.4 Å². The highest BCUT2D eigenvalue weighted by molar-refractivity contribution is 6.18. The normalized spacial score (nSPS) is 13.1. The molecule has 0 saturated carbocycles. The molecular weight excluding hydrogens is 328 g/mol. The summed E-state index contributed by atoms with van der Waals surface area (Å²) in [4.78, 5) is 24.6. The van der Waals surface area contributed by atoms with Gasteiger partial charge in [-0.2, -0.15) is 5.26 Å².